The van der Waals surface area contributed by atoms with Crippen molar-refractivity contribution < 1.29 is 4.79 Å². The molecule has 1 N–H and O–H groups in total. The van der Waals surface area contributed by atoms with Crippen LogP contribution in [0.3, 0.4) is 0 Å². The number of hydrogen-bond acceptors (Lipinski definition) is 1. The predicted molar refractivity (Wildman–Crippen MR) is 105 cm³/mol. The van der Waals surface area contributed by atoms with Crippen molar-refractivity contribution in [2.75, 3.05) is 13.6 Å². The molecule has 0 saturated heterocycles. The van der Waals surface area contributed by atoms with Gasteiger partial charge >= 0.3 is 0 Å². The quantitative estimate of drug-likeness (QED) is 0.652. The summed E-state index contributed by atoms with van der Waals surface area (Å²) in [6.45, 7) is 7.05. The largest absolute Gasteiger partial charge is 0.350 e. The van der Waals surface area contributed by atoms with E-state index in [-0.39, 0.29) is 11.3 Å². The molecular weight excluding hydrogens is 332 g/mol. The molecule has 0 spiro atoms. The van der Waals surface area contributed by atoms with Crippen molar-refractivity contribution in [3.8, 4) is 11.1 Å². The first-order valence-corrected chi connectivity index (χ1v) is 8.76. The van der Waals surface area contributed by atoms with E-state index in [4.69, 9.17) is 11.6 Å². The van der Waals surface area contributed by atoms with Gasteiger partial charge in [0, 0.05) is 35.1 Å². The Kier molecular flexibility index (Phi) is 4.61. The van der Waals surface area contributed by atoms with Gasteiger partial charge in [-0.2, -0.15) is 0 Å². The zero-order valence-electron chi connectivity index (χ0n) is 15.1. The summed E-state index contributed by atoms with van der Waals surface area (Å²) in [5.74, 6) is -0.0129. The Morgan fingerprint density at radius 1 is 1.12 bits per heavy atom. The molecule has 3 rings (SSSR count). The molecule has 0 saturated carbocycles. The monoisotopic (exact) mass is 354 g/mol. The van der Waals surface area contributed by atoms with Gasteiger partial charge in [0.05, 0.1) is 0 Å². The summed E-state index contributed by atoms with van der Waals surface area (Å²) in [5.41, 5.74) is 3.46. The maximum absolute atomic E-state index is 13.1. The third-order valence-corrected chi connectivity index (χ3v) is 4.33. The van der Waals surface area contributed by atoms with E-state index < -0.39 is 0 Å². The number of hydrogen-bond donors (Lipinski definition) is 1. The predicted octanol–water partition coefficient (Wildman–Crippen LogP) is 5.61. The van der Waals surface area contributed by atoms with Crippen molar-refractivity contribution in [1.29, 1.82) is 0 Å². The Hall–Kier alpha value is -2.26. The van der Waals surface area contributed by atoms with Crippen molar-refractivity contribution >= 4 is 28.4 Å². The third kappa shape index (κ3) is 3.72. The van der Waals surface area contributed by atoms with E-state index in [1.54, 1.807) is 4.90 Å². The van der Waals surface area contributed by atoms with Crippen LogP contribution in [0.1, 0.15) is 31.3 Å². The average molecular weight is 355 g/mol. The molecule has 0 radical (unpaired) electrons. The minimum Gasteiger partial charge on any atom is -0.350 e. The molecule has 2 aromatic carbocycles. The molecule has 1 amide bonds. The second-order valence-corrected chi connectivity index (χ2v) is 8.09. The number of carbonyl (C=O) groups excluding carboxylic acids is 1. The average Bonchev–Trinajstić information content (AvgIpc) is 2.91. The van der Waals surface area contributed by atoms with Crippen LogP contribution in [-0.2, 0) is 0 Å². The Morgan fingerprint density at radius 3 is 2.44 bits per heavy atom. The number of carbonyl (C=O) groups is 1. The molecule has 0 aliphatic heterocycles. The van der Waals surface area contributed by atoms with Crippen LogP contribution in [0, 0.1) is 5.41 Å². The molecule has 25 heavy (non-hydrogen) atoms. The van der Waals surface area contributed by atoms with Gasteiger partial charge in [-0.25, -0.2) is 0 Å². The normalized spacial score (nSPS) is 11.7. The van der Waals surface area contributed by atoms with E-state index in [1.165, 1.54) is 0 Å². The number of halogens is 1. The maximum Gasteiger partial charge on any atom is 0.270 e. The lowest BCUT2D eigenvalue weighted by Crippen LogP contribution is -2.34. The molecule has 0 unspecified atom stereocenters. The standard InChI is InChI=1S/C21H23ClN2O/c1-21(2,3)13-24(4)20(25)19-18(14-8-6-5-7-9-14)16-12-15(22)10-11-17(16)23-19/h5-12,23H,13H2,1-4H3. The molecule has 0 atom stereocenters. The number of H-pyrrole nitrogens is 1. The van der Waals surface area contributed by atoms with Crippen molar-refractivity contribution in [1.82, 2.24) is 9.88 Å². The molecule has 1 heterocycles. The van der Waals surface area contributed by atoms with E-state index in [1.807, 2.05) is 55.6 Å². The summed E-state index contributed by atoms with van der Waals surface area (Å²) in [5, 5.41) is 1.62. The lowest BCUT2D eigenvalue weighted by molar-refractivity contribution is 0.0741. The molecule has 4 heteroatoms. The molecule has 1 aromatic heterocycles. The van der Waals surface area contributed by atoms with Gasteiger partial charge in [-0.3, -0.25) is 4.79 Å². The van der Waals surface area contributed by atoms with Crippen LogP contribution < -0.4 is 0 Å². The highest BCUT2D eigenvalue weighted by Gasteiger charge is 2.24. The van der Waals surface area contributed by atoms with E-state index in [2.05, 4.69) is 25.8 Å². The summed E-state index contributed by atoms with van der Waals surface area (Å²) < 4.78 is 0. The zero-order chi connectivity index (χ0) is 18.2. The fourth-order valence-corrected chi connectivity index (χ4v) is 3.38. The number of benzene rings is 2. The second-order valence-electron chi connectivity index (χ2n) is 7.65. The Morgan fingerprint density at radius 2 is 1.80 bits per heavy atom. The van der Waals surface area contributed by atoms with E-state index in [0.29, 0.717) is 17.3 Å². The lowest BCUT2D eigenvalue weighted by Gasteiger charge is -2.26. The van der Waals surface area contributed by atoms with Crippen LogP contribution in [0.5, 0.6) is 0 Å². The van der Waals surface area contributed by atoms with Crippen LogP contribution in [0.15, 0.2) is 48.5 Å². The van der Waals surface area contributed by atoms with Crippen molar-refractivity contribution in [2.24, 2.45) is 5.41 Å². The summed E-state index contributed by atoms with van der Waals surface area (Å²) in [4.78, 5) is 18.2. The molecule has 130 valence electrons. The number of aromatic nitrogens is 1. The zero-order valence-corrected chi connectivity index (χ0v) is 15.8. The Bertz CT molecular complexity index is 907. The van der Waals surface area contributed by atoms with Crippen LogP contribution in [0.4, 0.5) is 0 Å². The van der Waals surface area contributed by atoms with Gasteiger partial charge in [0.25, 0.3) is 5.91 Å². The van der Waals surface area contributed by atoms with Crippen LogP contribution >= 0.6 is 11.6 Å². The Labute approximate surface area is 153 Å². The molecule has 0 bridgehead atoms. The lowest BCUT2D eigenvalue weighted by atomic mass is 9.95. The molecule has 0 fully saturated rings. The molecule has 0 aliphatic rings. The van der Waals surface area contributed by atoms with Crippen molar-refractivity contribution in [3.05, 3.63) is 59.2 Å². The number of amides is 1. The highest BCUT2D eigenvalue weighted by Crippen LogP contribution is 2.34. The second kappa shape index (κ2) is 6.57. The summed E-state index contributed by atoms with van der Waals surface area (Å²) in [6, 6.07) is 15.6. The highest BCUT2D eigenvalue weighted by molar-refractivity contribution is 6.31. The van der Waals surface area contributed by atoms with Crippen LogP contribution in [-0.4, -0.2) is 29.4 Å². The van der Waals surface area contributed by atoms with E-state index in [9.17, 15) is 4.79 Å². The fraction of sp³-hybridized carbons (Fsp3) is 0.286. The van der Waals surface area contributed by atoms with Gasteiger partial charge in [0.2, 0.25) is 0 Å². The first-order valence-electron chi connectivity index (χ1n) is 8.38. The van der Waals surface area contributed by atoms with Gasteiger partial charge in [0.1, 0.15) is 5.69 Å². The molecule has 0 aliphatic carbocycles. The van der Waals surface area contributed by atoms with Gasteiger partial charge in [-0.05, 0) is 29.2 Å². The Balaban J connectivity index is 2.16. The van der Waals surface area contributed by atoms with Gasteiger partial charge < -0.3 is 9.88 Å². The summed E-state index contributed by atoms with van der Waals surface area (Å²) in [7, 11) is 1.85. The van der Waals surface area contributed by atoms with E-state index >= 15 is 0 Å². The smallest absolute Gasteiger partial charge is 0.270 e. The fourth-order valence-electron chi connectivity index (χ4n) is 3.20. The number of fused-ring (bicyclic) bond motifs is 1. The van der Waals surface area contributed by atoms with Crippen molar-refractivity contribution in [3.63, 3.8) is 0 Å². The minimum atomic E-state index is -0.0129. The minimum absolute atomic E-state index is 0.0129. The first-order chi connectivity index (χ1) is 11.8. The van der Waals surface area contributed by atoms with Crippen LogP contribution in [0.2, 0.25) is 5.02 Å². The van der Waals surface area contributed by atoms with Crippen molar-refractivity contribution in [2.45, 2.75) is 20.8 Å². The van der Waals surface area contributed by atoms with E-state index in [0.717, 1.165) is 22.0 Å². The number of aromatic amines is 1. The number of nitrogens with zero attached hydrogens (tertiary/aromatic N) is 1. The van der Waals surface area contributed by atoms with Gasteiger partial charge in [0.15, 0.2) is 0 Å². The molecule has 3 aromatic rings. The maximum atomic E-state index is 13.1. The highest BCUT2D eigenvalue weighted by atomic mass is 35.5. The summed E-state index contributed by atoms with van der Waals surface area (Å²) in [6.07, 6.45) is 0. The first kappa shape index (κ1) is 17.6. The molecular formula is C21H23ClN2O. The third-order valence-electron chi connectivity index (χ3n) is 4.10. The number of nitrogens with one attached hydrogen (secondary N) is 1. The van der Waals surface area contributed by atoms with Gasteiger partial charge in [-0.15, -0.1) is 0 Å². The molecule has 3 nitrogen and oxygen atoms in total. The van der Waals surface area contributed by atoms with Crippen LogP contribution in [0.25, 0.3) is 22.0 Å². The summed E-state index contributed by atoms with van der Waals surface area (Å²) >= 11 is 6.21. The van der Waals surface area contributed by atoms with Gasteiger partial charge in [-0.1, -0.05) is 62.7 Å². The number of rotatable bonds is 3. The topological polar surface area (TPSA) is 36.1 Å². The SMILES string of the molecule is CN(CC(C)(C)C)C(=O)c1[nH]c2ccc(Cl)cc2c1-c1ccccc1.